The second kappa shape index (κ2) is 8.85. The number of hydrogen-bond donors (Lipinski definition) is 1. The molecule has 1 heterocycles. The number of amides is 2. The van der Waals surface area contributed by atoms with Gasteiger partial charge in [-0.15, -0.1) is 0 Å². The molecule has 1 aliphatic rings. The summed E-state index contributed by atoms with van der Waals surface area (Å²) in [5, 5.41) is 3.88. The van der Waals surface area contributed by atoms with Crippen molar-refractivity contribution >= 4 is 46.6 Å². The number of nitrogens with one attached hydrogen (secondary N) is 1. The molecule has 0 aromatic heterocycles. The molecule has 32 heavy (non-hydrogen) atoms. The van der Waals surface area contributed by atoms with E-state index < -0.39 is 0 Å². The van der Waals surface area contributed by atoms with Crippen LogP contribution in [0.4, 0.5) is 11.4 Å². The minimum absolute atomic E-state index is 0.282. The van der Waals surface area contributed by atoms with Gasteiger partial charge in [0.2, 0.25) is 0 Å². The summed E-state index contributed by atoms with van der Waals surface area (Å²) in [6, 6.07) is 19.0. The van der Waals surface area contributed by atoms with Crippen LogP contribution in [0.15, 0.2) is 76.2 Å². The fourth-order valence-electron chi connectivity index (χ4n) is 3.52. The summed E-state index contributed by atoms with van der Waals surface area (Å²) in [5.74, 6) is -0.697. The lowest BCUT2D eigenvalue weighted by atomic mass is 10.1. The van der Waals surface area contributed by atoms with E-state index in [1.165, 1.54) is 16.7 Å². The molecule has 0 unspecified atom stereocenters. The van der Waals surface area contributed by atoms with Crippen LogP contribution in [0.1, 0.15) is 22.3 Å². The van der Waals surface area contributed by atoms with Gasteiger partial charge in [0.05, 0.1) is 5.69 Å². The Bertz CT molecular complexity index is 1270. The van der Waals surface area contributed by atoms with Crippen molar-refractivity contribution in [3.8, 4) is 0 Å². The zero-order valence-corrected chi connectivity index (χ0v) is 19.9. The van der Waals surface area contributed by atoms with Crippen molar-refractivity contribution in [2.75, 3.05) is 10.2 Å². The van der Waals surface area contributed by atoms with Crippen molar-refractivity contribution in [3.05, 3.63) is 98.5 Å². The molecule has 3 aromatic carbocycles. The van der Waals surface area contributed by atoms with Crippen LogP contribution in [-0.4, -0.2) is 11.8 Å². The summed E-state index contributed by atoms with van der Waals surface area (Å²) in [6.07, 6.45) is 0. The van der Waals surface area contributed by atoms with Gasteiger partial charge in [-0.05, 0) is 86.3 Å². The molecule has 2 amide bonds. The number of rotatable bonds is 5. The van der Waals surface area contributed by atoms with Crippen molar-refractivity contribution < 1.29 is 9.59 Å². The topological polar surface area (TPSA) is 49.4 Å². The fraction of sp³-hybridized carbons (Fsp3) is 0.154. The van der Waals surface area contributed by atoms with Gasteiger partial charge in [0, 0.05) is 15.6 Å². The molecular formula is C26H23ClN2O2S. The molecule has 0 atom stereocenters. The third kappa shape index (κ3) is 4.31. The van der Waals surface area contributed by atoms with E-state index in [0.29, 0.717) is 15.6 Å². The van der Waals surface area contributed by atoms with Gasteiger partial charge in [-0.25, -0.2) is 4.90 Å². The minimum Gasteiger partial charge on any atom is -0.350 e. The first kappa shape index (κ1) is 22.2. The van der Waals surface area contributed by atoms with Gasteiger partial charge in [0.15, 0.2) is 0 Å². The van der Waals surface area contributed by atoms with Crippen LogP contribution in [0.5, 0.6) is 0 Å². The SMILES string of the molecule is Cc1ccc(C)c(NC2=C(Sc3ccc(Cl)cc3)C(=O)N(c3cc(C)ccc3C)C2=O)c1. The van der Waals surface area contributed by atoms with E-state index in [0.717, 1.165) is 32.8 Å². The van der Waals surface area contributed by atoms with Crippen molar-refractivity contribution in [1.29, 1.82) is 0 Å². The number of thioether (sulfide) groups is 1. The third-order valence-electron chi connectivity index (χ3n) is 5.33. The Morgan fingerprint density at radius 1 is 0.781 bits per heavy atom. The number of halogens is 1. The number of aryl methyl sites for hydroxylation is 4. The van der Waals surface area contributed by atoms with Crippen LogP contribution in [-0.2, 0) is 9.59 Å². The number of carbonyl (C=O) groups excluding carboxylic acids is 2. The third-order valence-corrected chi connectivity index (χ3v) is 6.68. The Kier molecular flexibility index (Phi) is 6.13. The molecule has 3 aromatic rings. The zero-order valence-electron chi connectivity index (χ0n) is 18.3. The summed E-state index contributed by atoms with van der Waals surface area (Å²) >= 11 is 7.28. The number of hydrogen-bond acceptors (Lipinski definition) is 4. The van der Waals surface area contributed by atoms with Crippen LogP contribution in [0, 0.1) is 27.7 Å². The Hall–Kier alpha value is -3.02. The predicted molar refractivity (Wildman–Crippen MR) is 132 cm³/mol. The summed E-state index contributed by atoms with van der Waals surface area (Å²) in [4.78, 5) is 29.6. The molecule has 0 saturated carbocycles. The highest BCUT2D eigenvalue weighted by Crippen LogP contribution is 2.39. The first-order valence-electron chi connectivity index (χ1n) is 10.2. The van der Waals surface area contributed by atoms with Crippen LogP contribution in [0.25, 0.3) is 0 Å². The van der Waals surface area contributed by atoms with Crippen LogP contribution in [0.2, 0.25) is 5.02 Å². The number of nitrogens with zero attached hydrogens (tertiary/aromatic N) is 1. The van der Waals surface area contributed by atoms with Gasteiger partial charge in [-0.1, -0.05) is 47.6 Å². The monoisotopic (exact) mass is 462 g/mol. The second-order valence-electron chi connectivity index (χ2n) is 7.94. The Balaban J connectivity index is 1.80. The molecular weight excluding hydrogens is 440 g/mol. The molecule has 162 valence electrons. The first-order chi connectivity index (χ1) is 15.2. The zero-order chi connectivity index (χ0) is 23.0. The number of carbonyl (C=O) groups is 2. The first-order valence-corrected chi connectivity index (χ1v) is 11.4. The highest BCUT2D eigenvalue weighted by Gasteiger charge is 2.41. The quantitative estimate of drug-likeness (QED) is 0.436. The average Bonchev–Trinajstić information content (AvgIpc) is 2.98. The van der Waals surface area contributed by atoms with Gasteiger partial charge in [-0.3, -0.25) is 9.59 Å². The van der Waals surface area contributed by atoms with Gasteiger partial charge in [0.25, 0.3) is 11.8 Å². The highest BCUT2D eigenvalue weighted by molar-refractivity contribution is 8.04. The van der Waals surface area contributed by atoms with E-state index in [1.807, 2.05) is 76.2 Å². The standard InChI is InChI=1S/C26H23ClN2O2S/c1-15-5-7-17(3)21(13-15)28-23-24(32-20-11-9-19(27)10-12-20)26(31)29(25(23)30)22-14-16(2)6-8-18(22)4/h5-14,28H,1-4H3. The van der Waals surface area contributed by atoms with Crippen LogP contribution < -0.4 is 10.2 Å². The number of imide groups is 1. The molecule has 0 saturated heterocycles. The van der Waals surface area contributed by atoms with Crippen molar-refractivity contribution in [3.63, 3.8) is 0 Å². The molecule has 0 aliphatic carbocycles. The molecule has 0 radical (unpaired) electrons. The molecule has 0 spiro atoms. The predicted octanol–water partition coefficient (Wildman–Crippen LogP) is 6.56. The molecule has 1 N–H and O–H groups in total. The maximum Gasteiger partial charge on any atom is 0.283 e. The summed E-state index contributed by atoms with van der Waals surface area (Å²) in [5.41, 5.74) is 5.59. The Morgan fingerprint density at radius 2 is 1.41 bits per heavy atom. The van der Waals surface area contributed by atoms with E-state index >= 15 is 0 Å². The molecule has 0 bridgehead atoms. The Morgan fingerprint density at radius 3 is 2.09 bits per heavy atom. The number of benzene rings is 3. The molecule has 4 rings (SSSR count). The van der Waals surface area contributed by atoms with E-state index in [4.69, 9.17) is 11.6 Å². The second-order valence-corrected chi connectivity index (χ2v) is 9.46. The smallest absolute Gasteiger partial charge is 0.283 e. The van der Waals surface area contributed by atoms with Gasteiger partial charge < -0.3 is 5.32 Å². The fourth-order valence-corrected chi connectivity index (χ4v) is 4.57. The average molecular weight is 463 g/mol. The molecule has 4 nitrogen and oxygen atoms in total. The van der Waals surface area contributed by atoms with E-state index in [-0.39, 0.29) is 17.5 Å². The maximum atomic E-state index is 13.6. The normalized spacial score (nSPS) is 13.8. The van der Waals surface area contributed by atoms with Gasteiger partial charge in [-0.2, -0.15) is 0 Å². The lowest BCUT2D eigenvalue weighted by molar-refractivity contribution is -0.120. The molecule has 6 heteroatoms. The van der Waals surface area contributed by atoms with E-state index in [2.05, 4.69) is 5.32 Å². The largest absolute Gasteiger partial charge is 0.350 e. The van der Waals surface area contributed by atoms with E-state index in [9.17, 15) is 9.59 Å². The summed E-state index contributed by atoms with van der Waals surface area (Å²) in [7, 11) is 0. The minimum atomic E-state index is -0.360. The Labute approximate surface area is 197 Å². The highest BCUT2D eigenvalue weighted by atomic mass is 35.5. The van der Waals surface area contributed by atoms with Crippen LogP contribution >= 0.6 is 23.4 Å². The summed E-state index contributed by atoms with van der Waals surface area (Å²) < 4.78 is 0. The lowest BCUT2D eigenvalue weighted by Gasteiger charge is -2.18. The van der Waals surface area contributed by atoms with Gasteiger partial charge in [0.1, 0.15) is 10.6 Å². The van der Waals surface area contributed by atoms with Crippen LogP contribution in [0.3, 0.4) is 0 Å². The van der Waals surface area contributed by atoms with Gasteiger partial charge >= 0.3 is 0 Å². The van der Waals surface area contributed by atoms with Crippen molar-refractivity contribution in [2.45, 2.75) is 32.6 Å². The lowest BCUT2D eigenvalue weighted by Crippen LogP contribution is -2.33. The summed E-state index contributed by atoms with van der Waals surface area (Å²) in [6.45, 7) is 7.81. The maximum absolute atomic E-state index is 13.6. The van der Waals surface area contributed by atoms with Crippen molar-refractivity contribution in [2.24, 2.45) is 0 Å². The molecule has 0 fully saturated rings. The van der Waals surface area contributed by atoms with Crippen molar-refractivity contribution in [1.82, 2.24) is 0 Å². The van der Waals surface area contributed by atoms with E-state index in [1.54, 1.807) is 12.1 Å². The molecule has 1 aliphatic heterocycles. The number of anilines is 2.